The SMILES string of the molecule is O=C1CCCc2ccc(cc2)NC(=O)NNc2cccc(c2)C1. The van der Waals surface area contributed by atoms with Gasteiger partial charge in [-0.1, -0.05) is 24.3 Å². The van der Waals surface area contributed by atoms with Crippen LogP contribution < -0.4 is 16.2 Å². The van der Waals surface area contributed by atoms with Crippen LogP contribution in [0.1, 0.15) is 24.0 Å². The highest BCUT2D eigenvalue weighted by Crippen LogP contribution is 2.15. The molecule has 4 rings (SSSR count). The van der Waals surface area contributed by atoms with Gasteiger partial charge in [-0.05, 0) is 48.2 Å². The highest BCUT2D eigenvalue weighted by molar-refractivity contribution is 5.90. The molecule has 0 radical (unpaired) electrons. The Labute approximate surface area is 135 Å². The summed E-state index contributed by atoms with van der Waals surface area (Å²) < 4.78 is 0. The number of carbonyl (C=O) groups excluding carboxylic acids is 2. The molecular formula is C18H19N3O2. The number of hydrazine groups is 1. The highest BCUT2D eigenvalue weighted by Gasteiger charge is 2.07. The van der Waals surface area contributed by atoms with E-state index in [1.807, 2.05) is 48.5 Å². The zero-order valence-electron chi connectivity index (χ0n) is 12.8. The van der Waals surface area contributed by atoms with Gasteiger partial charge in [0.05, 0.1) is 5.69 Å². The first-order valence-corrected chi connectivity index (χ1v) is 7.72. The molecule has 2 aromatic rings. The van der Waals surface area contributed by atoms with Crippen molar-refractivity contribution in [1.29, 1.82) is 0 Å². The van der Waals surface area contributed by atoms with Gasteiger partial charge in [-0.25, -0.2) is 4.79 Å². The number of nitrogens with one attached hydrogen (secondary N) is 3. The lowest BCUT2D eigenvalue weighted by atomic mass is 10.0. The summed E-state index contributed by atoms with van der Waals surface area (Å²) in [6.07, 6.45) is 2.69. The number of Topliss-reactive ketones (excluding diaryl/α,β-unsaturated/α-hetero) is 1. The van der Waals surface area contributed by atoms with Crippen molar-refractivity contribution in [1.82, 2.24) is 5.43 Å². The summed E-state index contributed by atoms with van der Waals surface area (Å²) in [5, 5.41) is 2.76. The van der Waals surface area contributed by atoms with Gasteiger partial charge in [0.2, 0.25) is 0 Å². The lowest BCUT2D eigenvalue weighted by Crippen LogP contribution is -2.33. The number of amides is 2. The quantitative estimate of drug-likeness (QED) is 0.699. The standard InChI is InChI=1S/C18H19N3O2/c22-17-6-2-3-13-7-9-15(10-8-13)19-18(23)21-20-16-5-1-4-14(11-16)12-17/h1,4-5,7-11,20H,2-3,6,12H2,(H2,19,21,23). The van der Waals surface area contributed by atoms with Gasteiger partial charge >= 0.3 is 6.03 Å². The minimum Gasteiger partial charge on any atom is -0.307 e. The van der Waals surface area contributed by atoms with Gasteiger partial charge in [0.1, 0.15) is 5.78 Å². The molecular weight excluding hydrogens is 290 g/mol. The van der Waals surface area contributed by atoms with E-state index < -0.39 is 0 Å². The Morgan fingerprint density at radius 2 is 1.61 bits per heavy atom. The summed E-state index contributed by atoms with van der Waals surface area (Å²) in [5.74, 6) is 0.233. The number of hydrogen-bond acceptors (Lipinski definition) is 3. The fraction of sp³-hybridized carbons (Fsp3) is 0.222. The molecule has 2 amide bonds. The van der Waals surface area contributed by atoms with Crippen molar-refractivity contribution in [2.45, 2.75) is 25.7 Å². The molecule has 0 saturated heterocycles. The van der Waals surface area contributed by atoms with E-state index in [1.165, 1.54) is 0 Å². The van der Waals surface area contributed by atoms with Crippen LogP contribution in [0.25, 0.3) is 0 Å². The van der Waals surface area contributed by atoms with Crippen LogP contribution in [-0.4, -0.2) is 11.8 Å². The number of rotatable bonds is 0. The van der Waals surface area contributed by atoms with E-state index in [-0.39, 0.29) is 11.8 Å². The van der Waals surface area contributed by atoms with Crippen molar-refractivity contribution in [3.05, 3.63) is 59.7 Å². The highest BCUT2D eigenvalue weighted by atomic mass is 16.2. The average Bonchev–Trinajstić information content (AvgIpc) is 2.54. The van der Waals surface area contributed by atoms with E-state index >= 15 is 0 Å². The lowest BCUT2D eigenvalue weighted by Gasteiger charge is -2.12. The van der Waals surface area contributed by atoms with Crippen molar-refractivity contribution in [3.63, 3.8) is 0 Å². The molecule has 0 saturated carbocycles. The first-order valence-electron chi connectivity index (χ1n) is 7.72. The van der Waals surface area contributed by atoms with E-state index in [9.17, 15) is 9.59 Å². The zero-order chi connectivity index (χ0) is 16.1. The van der Waals surface area contributed by atoms with Gasteiger partial charge in [0, 0.05) is 18.5 Å². The maximum absolute atomic E-state index is 12.1. The zero-order valence-corrected chi connectivity index (χ0v) is 12.8. The fourth-order valence-corrected chi connectivity index (χ4v) is 2.61. The second-order valence-electron chi connectivity index (χ2n) is 5.67. The summed E-state index contributed by atoms with van der Waals surface area (Å²) in [6, 6.07) is 14.8. The molecule has 3 N–H and O–H groups in total. The van der Waals surface area contributed by atoms with Crippen LogP contribution in [-0.2, 0) is 17.6 Å². The summed E-state index contributed by atoms with van der Waals surface area (Å²) in [7, 11) is 0. The Hall–Kier alpha value is -2.82. The summed E-state index contributed by atoms with van der Waals surface area (Å²) >= 11 is 0. The molecule has 2 aromatic carbocycles. The van der Waals surface area contributed by atoms with Gasteiger partial charge in [-0.15, -0.1) is 0 Å². The molecule has 2 aliphatic rings. The first kappa shape index (κ1) is 15.1. The minimum atomic E-state index is -0.341. The van der Waals surface area contributed by atoms with Crippen LogP contribution in [0, 0.1) is 0 Å². The van der Waals surface area contributed by atoms with Gasteiger partial charge in [-0.2, -0.15) is 0 Å². The number of benzene rings is 2. The van der Waals surface area contributed by atoms with Crippen molar-refractivity contribution in [2.24, 2.45) is 0 Å². The summed E-state index contributed by atoms with van der Waals surface area (Å²) in [6.45, 7) is 0. The number of hydrogen-bond donors (Lipinski definition) is 3. The average molecular weight is 309 g/mol. The smallest absolute Gasteiger partial charge is 0.307 e. The third-order valence-electron chi connectivity index (χ3n) is 3.78. The van der Waals surface area contributed by atoms with E-state index in [0.29, 0.717) is 12.8 Å². The van der Waals surface area contributed by atoms with Crippen LogP contribution in [0.3, 0.4) is 0 Å². The monoisotopic (exact) mass is 309 g/mol. The van der Waals surface area contributed by atoms with Crippen molar-refractivity contribution in [3.8, 4) is 0 Å². The van der Waals surface area contributed by atoms with Crippen molar-refractivity contribution in [2.75, 3.05) is 10.7 Å². The molecule has 0 aromatic heterocycles. The number of carbonyl (C=O) groups is 2. The van der Waals surface area contributed by atoms with Gasteiger partial charge in [-0.3, -0.25) is 15.6 Å². The number of anilines is 2. The molecule has 0 atom stereocenters. The Balaban J connectivity index is 1.79. The molecule has 0 aliphatic carbocycles. The minimum absolute atomic E-state index is 0.233. The predicted molar refractivity (Wildman–Crippen MR) is 90.3 cm³/mol. The molecule has 118 valence electrons. The summed E-state index contributed by atoms with van der Waals surface area (Å²) in [5.41, 5.74) is 9.01. The topological polar surface area (TPSA) is 70.2 Å². The van der Waals surface area contributed by atoms with Gasteiger partial charge in [0.25, 0.3) is 0 Å². The molecule has 0 fully saturated rings. The van der Waals surface area contributed by atoms with Crippen LogP contribution in [0.2, 0.25) is 0 Å². The third-order valence-corrected chi connectivity index (χ3v) is 3.78. The Morgan fingerprint density at radius 3 is 2.43 bits per heavy atom. The maximum atomic E-state index is 12.1. The van der Waals surface area contributed by atoms with Gasteiger partial charge < -0.3 is 5.32 Å². The van der Waals surface area contributed by atoms with Crippen LogP contribution >= 0.6 is 0 Å². The van der Waals surface area contributed by atoms with Crippen LogP contribution in [0.15, 0.2) is 48.5 Å². The Kier molecular flexibility index (Phi) is 4.57. The number of urea groups is 1. The number of aryl methyl sites for hydroxylation is 1. The van der Waals surface area contributed by atoms with Crippen LogP contribution in [0.5, 0.6) is 0 Å². The number of ketones is 1. The van der Waals surface area contributed by atoms with E-state index in [2.05, 4.69) is 16.2 Å². The normalized spacial score (nSPS) is 15.5. The number of fused-ring (bicyclic) bond motifs is 9. The summed E-state index contributed by atoms with van der Waals surface area (Å²) in [4.78, 5) is 24.0. The molecule has 4 bridgehead atoms. The predicted octanol–water partition coefficient (Wildman–Crippen LogP) is 3.28. The molecule has 2 heterocycles. The van der Waals surface area contributed by atoms with Crippen molar-refractivity contribution < 1.29 is 9.59 Å². The Morgan fingerprint density at radius 1 is 0.783 bits per heavy atom. The maximum Gasteiger partial charge on any atom is 0.337 e. The van der Waals surface area contributed by atoms with E-state index in [4.69, 9.17) is 0 Å². The molecule has 5 nitrogen and oxygen atoms in total. The van der Waals surface area contributed by atoms with Gasteiger partial charge in [0.15, 0.2) is 0 Å². The fourth-order valence-electron chi connectivity index (χ4n) is 2.61. The van der Waals surface area contributed by atoms with E-state index in [0.717, 1.165) is 35.3 Å². The second kappa shape index (κ2) is 6.96. The molecule has 2 aliphatic heterocycles. The van der Waals surface area contributed by atoms with Crippen molar-refractivity contribution >= 4 is 23.2 Å². The lowest BCUT2D eigenvalue weighted by molar-refractivity contribution is -0.118. The molecule has 0 spiro atoms. The van der Waals surface area contributed by atoms with Crippen LogP contribution in [0.4, 0.5) is 16.2 Å². The first-order chi connectivity index (χ1) is 11.2. The van der Waals surface area contributed by atoms with E-state index in [1.54, 1.807) is 0 Å². The molecule has 0 unspecified atom stereocenters. The molecule has 23 heavy (non-hydrogen) atoms. The third kappa shape index (κ3) is 4.32. The Bertz CT molecular complexity index is 710. The molecule has 5 heteroatoms. The largest absolute Gasteiger partial charge is 0.337 e. The second-order valence-corrected chi connectivity index (χ2v) is 5.67.